The van der Waals surface area contributed by atoms with Crippen molar-refractivity contribution < 1.29 is 23.9 Å². The number of nitrogens with one attached hydrogen (secondary N) is 1. The molecular formula is C27H21Cl2IN2O5S. The van der Waals surface area contributed by atoms with Gasteiger partial charge in [0.2, 0.25) is 0 Å². The number of rotatable bonds is 9. The topological polar surface area (TPSA) is 84.9 Å². The largest absolute Gasteiger partial charge is 0.490 e. The first-order valence-corrected chi connectivity index (χ1v) is 14.0. The summed E-state index contributed by atoms with van der Waals surface area (Å²) in [6, 6.07) is 17.6. The van der Waals surface area contributed by atoms with Crippen LogP contribution in [-0.4, -0.2) is 35.2 Å². The van der Waals surface area contributed by atoms with Crippen molar-refractivity contribution in [2.45, 2.75) is 13.5 Å². The molecule has 1 N–H and O–H groups in total. The lowest BCUT2D eigenvalue weighted by atomic mass is 10.1. The lowest BCUT2D eigenvalue weighted by molar-refractivity contribution is -0.123. The molecule has 0 spiro atoms. The zero-order valence-corrected chi connectivity index (χ0v) is 24.5. The second-order valence-electron chi connectivity index (χ2n) is 7.93. The Labute approximate surface area is 247 Å². The van der Waals surface area contributed by atoms with Gasteiger partial charge in [0.15, 0.2) is 18.1 Å². The van der Waals surface area contributed by atoms with Crippen molar-refractivity contribution in [3.63, 3.8) is 0 Å². The van der Waals surface area contributed by atoms with Gasteiger partial charge in [-0.15, -0.1) is 0 Å². The fraction of sp³-hybridized carbons (Fsp3) is 0.148. The molecule has 0 radical (unpaired) electrons. The van der Waals surface area contributed by atoms with Gasteiger partial charge >= 0.3 is 0 Å². The molecule has 1 saturated heterocycles. The Balaban J connectivity index is 1.51. The fourth-order valence-electron chi connectivity index (χ4n) is 3.56. The van der Waals surface area contributed by atoms with Gasteiger partial charge in [0.25, 0.3) is 17.1 Å². The number of carbonyl (C=O) groups excluding carboxylic acids is 3. The first-order chi connectivity index (χ1) is 18.3. The summed E-state index contributed by atoms with van der Waals surface area (Å²) in [6.07, 6.45) is 1.62. The number of hydrogen-bond donors (Lipinski definition) is 1. The molecule has 3 amide bonds. The standard InChI is InChI=1S/C27H21Cl2IN2O5S/c1-2-36-22-12-16(11-21(30)25(22)37-15-24(33)31-17-7-4-3-5-8-17)13-23-26(34)32(27(35)38-23)14-18-19(28)9-6-10-20(18)29/h3-13H,2,14-15H2,1H3,(H,31,33)/b23-13-. The van der Waals surface area contributed by atoms with E-state index in [0.29, 0.717) is 48.5 Å². The molecule has 7 nitrogen and oxygen atoms in total. The van der Waals surface area contributed by atoms with Gasteiger partial charge in [0.1, 0.15) is 0 Å². The van der Waals surface area contributed by atoms with E-state index >= 15 is 0 Å². The van der Waals surface area contributed by atoms with Crippen molar-refractivity contribution in [1.82, 2.24) is 4.90 Å². The monoisotopic (exact) mass is 682 g/mol. The molecule has 38 heavy (non-hydrogen) atoms. The third kappa shape index (κ3) is 6.82. The Hall–Kier alpha value is -2.73. The number of carbonyl (C=O) groups is 3. The number of hydrogen-bond acceptors (Lipinski definition) is 6. The van der Waals surface area contributed by atoms with Crippen LogP contribution in [0.1, 0.15) is 18.1 Å². The van der Waals surface area contributed by atoms with Crippen molar-refractivity contribution in [2.24, 2.45) is 0 Å². The first kappa shape index (κ1) is 28.3. The van der Waals surface area contributed by atoms with E-state index < -0.39 is 11.1 Å². The molecule has 0 aromatic heterocycles. The predicted octanol–water partition coefficient (Wildman–Crippen LogP) is 7.25. The Morgan fingerprint density at radius 2 is 1.76 bits per heavy atom. The molecule has 1 aliphatic heterocycles. The molecule has 1 fully saturated rings. The Morgan fingerprint density at radius 3 is 2.45 bits per heavy atom. The second-order valence-corrected chi connectivity index (χ2v) is 10.9. The second kappa shape index (κ2) is 12.9. The van der Waals surface area contributed by atoms with Crippen molar-refractivity contribution >= 4 is 86.4 Å². The highest BCUT2D eigenvalue weighted by Crippen LogP contribution is 2.38. The van der Waals surface area contributed by atoms with Crippen LogP contribution < -0.4 is 14.8 Å². The summed E-state index contributed by atoms with van der Waals surface area (Å²) in [5, 5.41) is 3.11. The fourth-order valence-corrected chi connectivity index (χ4v) is 5.70. The van der Waals surface area contributed by atoms with E-state index in [1.165, 1.54) is 0 Å². The summed E-state index contributed by atoms with van der Waals surface area (Å²) >= 11 is 15.4. The normalized spacial score (nSPS) is 14.2. The quantitative estimate of drug-likeness (QED) is 0.189. The van der Waals surface area contributed by atoms with Gasteiger partial charge in [-0.2, -0.15) is 0 Å². The molecule has 0 atom stereocenters. The highest BCUT2D eigenvalue weighted by Gasteiger charge is 2.36. The zero-order chi connectivity index (χ0) is 27.2. The Morgan fingerprint density at radius 1 is 1.05 bits per heavy atom. The number of ether oxygens (including phenoxy) is 2. The van der Waals surface area contributed by atoms with E-state index in [1.807, 2.05) is 25.1 Å². The lowest BCUT2D eigenvalue weighted by Crippen LogP contribution is -2.27. The number of nitrogens with zero attached hydrogens (tertiary/aromatic N) is 1. The van der Waals surface area contributed by atoms with E-state index in [4.69, 9.17) is 32.7 Å². The molecule has 0 aliphatic carbocycles. The van der Waals surface area contributed by atoms with Crippen LogP contribution in [0.15, 0.2) is 65.6 Å². The van der Waals surface area contributed by atoms with Crippen molar-refractivity contribution in [2.75, 3.05) is 18.5 Å². The van der Waals surface area contributed by atoms with Gasteiger partial charge in [-0.05, 0) is 89.3 Å². The lowest BCUT2D eigenvalue weighted by Gasteiger charge is -2.15. The van der Waals surface area contributed by atoms with Crippen LogP contribution in [0.3, 0.4) is 0 Å². The average molecular weight is 683 g/mol. The van der Waals surface area contributed by atoms with Crippen LogP contribution in [0.5, 0.6) is 11.5 Å². The summed E-state index contributed by atoms with van der Waals surface area (Å²) in [7, 11) is 0. The van der Waals surface area contributed by atoms with Crippen LogP contribution in [0.2, 0.25) is 10.0 Å². The molecule has 0 saturated carbocycles. The van der Waals surface area contributed by atoms with E-state index in [1.54, 1.807) is 48.5 Å². The van der Waals surface area contributed by atoms with Gasteiger partial charge in [-0.3, -0.25) is 19.3 Å². The van der Waals surface area contributed by atoms with Gasteiger partial charge in [0.05, 0.1) is 21.6 Å². The molecule has 1 aliphatic rings. The molecule has 196 valence electrons. The third-order valence-corrected chi connectivity index (χ3v) is 7.70. The van der Waals surface area contributed by atoms with Gasteiger partial charge in [-0.1, -0.05) is 47.5 Å². The predicted molar refractivity (Wildman–Crippen MR) is 159 cm³/mol. The number of benzene rings is 3. The number of imide groups is 1. The average Bonchev–Trinajstić information content (AvgIpc) is 3.13. The van der Waals surface area contributed by atoms with Crippen LogP contribution in [0.4, 0.5) is 10.5 Å². The number of amides is 3. The molecule has 1 heterocycles. The van der Waals surface area contributed by atoms with Crippen molar-refractivity contribution in [3.05, 3.63) is 90.3 Å². The maximum atomic E-state index is 13.1. The molecule has 0 bridgehead atoms. The highest BCUT2D eigenvalue weighted by atomic mass is 127. The molecule has 3 aromatic carbocycles. The van der Waals surface area contributed by atoms with E-state index in [2.05, 4.69) is 27.9 Å². The third-order valence-electron chi connectivity index (χ3n) is 5.29. The molecule has 3 aromatic rings. The summed E-state index contributed by atoms with van der Waals surface area (Å²) in [5.41, 5.74) is 1.81. The van der Waals surface area contributed by atoms with Crippen LogP contribution >= 0.6 is 57.6 Å². The van der Waals surface area contributed by atoms with E-state index in [0.717, 1.165) is 16.7 Å². The maximum absolute atomic E-state index is 13.1. The van der Waals surface area contributed by atoms with Gasteiger partial charge in [0, 0.05) is 21.3 Å². The smallest absolute Gasteiger partial charge is 0.293 e. The molecule has 11 heteroatoms. The molecule has 4 rings (SSSR count). The summed E-state index contributed by atoms with van der Waals surface area (Å²) in [5.74, 6) is 0.0715. The van der Waals surface area contributed by atoms with Gasteiger partial charge in [-0.25, -0.2) is 0 Å². The number of anilines is 1. The number of thioether (sulfide) groups is 1. The van der Waals surface area contributed by atoms with E-state index in [-0.39, 0.29) is 24.0 Å². The van der Waals surface area contributed by atoms with Crippen LogP contribution in [-0.2, 0) is 16.1 Å². The number of para-hydroxylation sites is 1. The zero-order valence-electron chi connectivity index (χ0n) is 20.0. The Bertz CT molecular complexity index is 1400. The number of halogens is 3. The Kier molecular flexibility index (Phi) is 9.59. The van der Waals surface area contributed by atoms with E-state index in [9.17, 15) is 14.4 Å². The summed E-state index contributed by atoms with van der Waals surface area (Å²) < 4.78 is 12.2. The van der Waals surface area contributed by atoms with Crippen molar-refractivity contribution in [3.8, 4) is 11.5 Å². The summed E-state index contributed by atoms with van der Waals surface area (Å²) in [4.78, 5) is 39.4. The summed E-state index contributed by atoms with van der Waals surface area (Å²) in [6.45, 7) is 1.95. The molecular weight excluding hydrogens is 662 g/mol. The minimum Gasteiger partial charge on any atom is -0.490 e. The first-order valence-electron chi connectivity index (χ1n) is 11.4. The van der Waals surface area contributed by atoms with Crippen LogP contribution in [0, 0.1) is 3.57 Å². The highest BCUT2D eigenvalue weighted by molar-refractivity contribution is 14.1. The van der Waals surface area contributed by atoms with Crippen molar-refractivity contribution in [1.29, 1.82) is 0 Å². The molecule has 0 unspecified atom stereocenters. The van der Waals surface area contributed by atoms with Crippen LogP contribution in [0.25, 0.3) is 6.08 Å². The SMILES string of the molecule is CCOc1cc(/C=C2\SC(=O)N(Cc3c(Cl)cccc3Cl)C2=O)cc(I)c1OCC(=O)Nc1ccccc1. The van der Waals surface area contributed by atoms with Gasteiger partial charge < -0.3 is 14.8 Å². The minimum absolute atomic E-state index is 0.0277. The maximum Gasteiger partial charge on any atom is 0.293 e. The minimum atomic E-state index is -0.443.